The number of thioether (sulfide) groups is 1. The second-order valence-corrected chi connectivity index (χ2v) is 7.35. The number of hydrogen-bond acceptors (Lipinski definition) is 5. The van der Waals surface area contributed by atoms with Crippen molar-refractivity contribution in [1.29, 1.82) is 0 Å². The van der Waals surface area contributed by atoms with Gasteiger partial charge in [0.15, 0.2) is 0 Å². The van der Waals surface area contributed by atoms with Crippen molar-refractivity contribution in [3.05, 3.63) is 18.2 Å². The largest absolute Gasteiger partial charge is 0.348 e. The fourth-order valence-electron chi connectivity index (χ4n) is 1.76. The van der Waals surface area contributed by atoms with Crippen molar-refractivity contribution in [3.63, 3.8) is 0 Å². The first-order chi connectivity index (χ1) is 8.68. The Bertz CT molecular complexity index is 440. The molecule has 0 radical (unpaired) electrons. The standard InChI is InChI=1S/C10H18N4O2S2/c15-18(16,14-4-6-17-7-5-14)8-3-11-9-10-12-1-2-13-10/h1-2,11H,3-9H2,(H,12,13). The van der Waals surface area contributed by atoms with Crippen molar-refractivity contribution in [1.82, 2.24) is 19.6 Å². The van der Waals surface area contributed by atoms with Gasteiger partial charge in [-0.3, -0.25) is 0 Å². The van der Waals surface area contributed by atoms with Crippen LogP contribution in [0.15, 0.2) is 12.4 Å². The van der Waals surface area contributed by atoms with E-state index in [9.17, 15) is 8.42 Å². The molecule has 0 unspecified atom stereocenters. The SMILES string of the molecule is O=S(=O)(CCNCc1ncc[nH]1)N1CCSCC1. The lowest BCUT2D eigenvalue weighted by Gasteiger charge is -2.25. The number of sulfonamides is 1. The summed E-state index contributed by atoms with van der Waals surface area (Å²) in [5, 5.41) is 3.08. The minimum absolute atomic E-state index is 0.151. The second kappa shape index (κ2) is 6.55. The summed E-state index contributed by atoms with van der Waals surface area (Å²) in [5.74, 6) is 2.78. The molecular weight excluding hydrogens is 272 g/mol. The molecule has 2 rings (SSSR count). The highest BCUT2D eigenvalue weighted by molar-refractivity contribution is 7.99. The van der Waals surface area contributed by atoms with E-state index in [1.54, 1.807) is 16.7 Å². The van der Waals surface area contributed by atoms with E-state index < -0.39 is 10.0 Å². The molecule has 18 heavy (non-hydrogen) atoms. The zero-order chi connectivity index (χ0) is 12.8. The number of aromatic nitrogens is 2. The Balaban J connectivity index is 1.71. The fourth-order valence-corrected chi connectivity index (χ4v) is 4.29. The van der Waals surface area contributed by atoms with Crippen LogP contribution in [0.4, 0.5) is 0 Å². The van der Waals surface area contributed by atoms with Gasteiger partial charge in [0.2, 0.25) is 10.0 Å². The lowest BCUT2D eigenvalue weighted by atomic mass is 10.6. The van der Waals surface area contributed by atoms with Crippen LogP contribution in [-0.2, 0) is 16.6 Å². The molecule has 0 bridgehead atoms. The van der Waals surface area contributed by atoms with Gasteiger partial charge in [0.1, 0.15) is 5.82 Å². The fraction of sp³-hybridized carbons (Fsp3) is 0.700. The van der Waals surface area contributed by atoms with Gasteiger partial charge >= 0.3 is 0 Å². The van der Waals surface area contributed by atoms with Crippen LogP contribution in [-0.4, -0.2) is 59.6 Å². The minimum atomic E-state index is -3.10. The number of nitrogens with one attached hydrogen (secondary N) is 2. The molecule has 2 heterocycles. The quantitative estimate of drug-likeness (QED) is 0.714. The molecule has 102 valence electrons. The number of hydrogen-bond donors (Lipinski definition) is 2. The van der Waals surface area contributed by atoms with E-state index in [1.165, 1.54) is 0 Å². The number of imidazole rings is 1. The van der Waals surface area contributed by atoms with Crippen molar-refractivity contribution < 1.29 is 8.42 Å². The van der Waals surface area contributed by atoms with E-state index in [0.29, 0.717) is 26.2 Å². The van der Waals surface area contributed by atoms with Gasteiger partial charge in [0, 0.05) is 43.5 Å². The van der Waals surface area contributed by atoms with Crippen LogP contribution in [0.5, 0.6) is 0 Å². The lowest BCUT2D eigenvalue weighted by Crippen LogP contribution is -2.41. The number of rotatable bonds is 6. The molecule has 2 N–H and O–H groups in total. The highest BCUT2D eigenvalue weighted by Crippen LogP contribution is 2.12. The molecule has 0 amide bonds. The molecule has 6 nitrogen and oxygen atoms in total. The van der Waals surface area contributed by atoms with Gasteiger partial charge in [-0.1, -0.05) is 0 Å². The average molecular weight is 290 g/mol. The second-order valence-electron chi connectivity index (χ2n) is 4.04. The minimum Gasteiger partial charge on any atom is -0.348 e. The van der Waals surface area contributed by atoms with E-state index in [0.717, 1.165) is 17.3 Å². The molecule has 1 saturated heterocycles. The van der Waals surface area contributed by atoms with E-state index in [-0.39, 0.29) is 5.75 Å². The summed E-state index contributed by atoms with van der Waals surface area (Å²) in [6, 6.07) is 0. The topological polar surface area (TPSA) is 78.1 Å². The van der Waals surface area contributed by atoms with Gasteiger partial charge in [-0.15, -0.1) is 0 Å². The van der Waals surface area contributed by atoms with Crippen LogP contribution < -0.4 is 5.32 Å². The summed E-state index contributed by atoms with van der Waals surface area (Å²) >= 11 is 1.81. The summed E-state index contributed by atoms with van der Waals surface area (Å²) in [6.07, 6.45) is 3.43. The molecule has 0 aromatic carbocycles. The van der Waals surface area contributed by atoms with Gasteiger partial charge in [-0.05, 0) is 0 Å². The highest BCUT2D eigenvalue weighted by atomic mass is 32.2. The Kier molecular flexibility index (Phi) is 5.04. The predicted molar refractivity (Wildman–Crippen MR) is 73.0 cm³/mol. The molecule has 8 heteroatoms. The summed E-state index contributed by atoms with van der Waals surface area (Å²) in [7, 11) is -3.10. The smallest absolute Gasteiger partial charge is 0.215 e. The maximum Gasteiger partial charge on any atom is 0.215 e. The van der Waals surface area contributed by atoms with Crippen molar-refractivity contribution in [2.24, 2.45) is 0 Å². The van der Waals surface area contributed by atoms with Crippen LogP contribution in [0.25, 0.3) is 0 Å². The maximum absolute atomic E-state index is 12.0. The number of nitrogens with zero attached hydrogens (tertiary/aromatic N) is 2. The summed E-state index contributed by atoms with van der Waals surface area (Å²) in [4.78, 5) is 7.02. The Morgan fingerprint density at radius 3 is 2.89 bits per heavy atom. The van der Waals surface area contributed by atoms with E-state index in [2.05, 4.69) is 15.3 Å². The molecule has 0 spiro atoms. The van der Waals surface area contributed by atoms with E-state index in [4.69, 9.17) is 0 Å². The third kappa shape index (κ3) is 3.98. The van der Waals surface area contributed by atoms with Gasteiger partial charge in [0.05, 0.1) is 12.3 Å². The van der Waals surface area contributed by atoms with Crippen LogP contribution in [0.1, 0.15) is 5.82 Å². The van der Waals surface area contributed by atoms with Crippen molar-refractivity contribution in [2.75, 3.05) is 36.9 Å². The van der Waals surface area contributed by atoms with Crippen LogP contribution in [0.3, 0.4) is 0 Å². The molecule has 1 fully saturated rings. The monoisotopic (exact) mass is 290 g/mol. The zero-order valence-electron chi connectivity index (χ0n) is 10.1. The lowest BCUT2D eigenvalue weighted by molar-refractivity contribution is 0.442. The van der Waals surface area contributed by atoms with E-state index in [1.807, 2.05) is 11.8 Å². The Morgan fingerprint density at radius 2 is 2.22 bits per heavy atom. The Morgan fingerprint density at radius 1 is 1.44 bits per heavy atom. The van der Waals surface area contributed by atoms with Gasteiger partial charge in [-0.25, -0.2) is 17.7 Å². The Labute approximate surface area is 112 Å². The van der Waals surface area contributed by atoms with Gasteiger partial charge < -0.3 is 10.3 Å². The summed E-state index contributed by atoms with van der Waals surface area (Å²) < 4.78 is 25.6. The first-order valence-electron chi connectivity index (χ1n) is 5.93. The van der Waals surface area contributed by atoms with Crippen LogP contribution >= 0.6 is 11.8 Å². The molecule has 0 aliphatic carbocycles. The summed E-state index contributed by atoms with van der Waals surface area (Å²) in [6.45, 7) is 2.31. The first kappa shape index (κ1) is 13.9. The molecule has 1 aliphatic heterocycles. The third-order valence-electron chi connectivity index (χ3n) is 2.75. The molecule has 1 aliphatic rings. The van der Waals surface area contributed by atoms with E-state index >= 15 is 0 Å². The van der Waals surface area contributed by atoms with Crippen LogP contribution in [0, 0.1) is 0 Å². The van der Waals surface area contributed by atoms with Crippen molar-refractivity contribution in [3.8, 4) is 0 Å². The number of aromatic amines is 1. The molecule has 0 atom stereocenters. The molecule has 1 aromatic rings. The average Bonchev–Trinajstić information content (AvgIpc) is 2.89. The van der Waals surface area contributed by atoms with Gasteiger partial charge in [-0.2, -0.15) is 11.8 Å². The predicted octanol–water partition coefficient (Wildman–Crippen LogP) is -0.122. The summed E-state index contributed by atoms with van der Waals surface area (Å²) in [5.41, 5.74) is 0. The maximum atomic E-state index is 12.0. The van der Waals surface area contributed by atoms with Crippen molar-refractivity contribution >= 4 is 21.8 Å². The molecule has 1 aromatic heterocycles. The normalized spacial score (nSPS) is 18.0. The van der Waals surface area contributed by atoms with Gasteiger partial charge in [0.25, 0.3) is 0 Å². The number of H-pyrrole nitrogens is 1. The zero-order valence-corrected chi connectivity index (χ0v) is 11.8. The third-order valence-corrected chi connectivity index (χ3v) is 5.56. The highest BCUT2D eigenvalue weighted by Gasteiger charge is 2.23. The molecular formula is C10H18N4O2S2. The van der Waals surface area contributed by atoms with Crippen molar-refractivity contribution in [2.45, 2.75) is 6.54 Å². The van der Waals surface area contributed by atoms with Crippen LogP contribution in [0.2, 0.25) is 0 Å². The molecule has 0 saturated carbocycles. The first-order valence-corrected chi connectivity index (χ1v) is 8.69. The Hall–Kier alpha value is -0.570.